The largest absolute Gasteiger partial charge is 0.377 e. The summed E-state index contributed by atoms with van der Waals surface area (Å²) in [4.78, 5) is 24.1. The average Bonchev–Trinajstić information content (AvgIpc) is 2.93. The van der Waals surface area contributed by atoms with Gasteiger partial charge in [-0.1, -0.05) is 0 Å². The van der Waals surface area contributed by atoms with Crippen LogP contribution in [0.3, 0.4) is 0 Å². The zero-order valence-corrected chi connectivity index (χ0v) is 13.8. The first-order valence-electron chi connectivity index (χ1n) is 6.99. The number of amides is 1. The van der Waals surface area contributed by atoms with E-state index in [1.54, 1.807) is 0 Å². The minimum atomic E-state index is -0.480. The molecule has 0 saturated carbocycles. The number of carbonyl (C=O) groups excluding carboxylic acids is 1. The van der Waals surface area contributed by atoms with Crippen molar-refractivity contribution >= 4 is 33.2 Å². The average molecular weight is 372 g/mol. The number of carbonyl (C=O) groups is 1. The Bertz CT molecular complexity index is 561. The highest BCUT2D eigenvalue weighted by molar-refractivity contribution is 9.10. The Morgan fingerprint density at radius 3 is 2.95 bits per heavy atom. The lowest BCUT2D eigenvalue weighted by molar-refractivity contribution is -0.384. The van der Waals surface area contributed by atoms with Crippen LogP contribution in [-0.2, 0) is 9.53 Å². The Hall–Kier alpha value is -1.51. The molecular weight excluding hydrogens is 354 g/mol. The van der Waals surface area contributed by atoms with Gasteiger partial charge < -0.3 is 10.1 Å². The summed E-state index contributed by atoms with van der Waals surface area (Å²) in [7, 11) is 1.87. The first-order valence-corrected chi connectivity index (χ1v) is 7.79. The lowest BCUT2D eigenvalue weighted by atomic mass is 10.2. The van der Waals surface area contributed by atoms with E-state index in [0.29, 0.717) is 10.2 Å². The van der Waals surface area contributed by atoms with Crippen LogP contribution in [0.1, 0.15) is 12.8 Å². The van der Waals surface area contributed by atoms with Gasteiger partial charge >= 0.3 is 0 Å². The topological polar surface area (TPSA) is 84.7 Å². The summed E-state index contributed by atoms with van der Waals surface area (Å²) < 4.78 is 6.02. The molecule has 1 aliphatic rings. The van der Waals surface area contributed by atoms with Gasteiger partial charge in [-0.2, -0.15) is 0 Å². The molecule has 1 N–H and O–H groups in total. The summed E-state index contributed by atoms with van der Waals surface area (Å²) in [6, 6.07) is 4.24. The molecule has 2 rings (SSSR count). The molecule has 1 unspecified atom stereocenters. The molecule has 0 aliphatic carbocycles. The van der Waals surface area contributed by atoms with Crippen molar-refractivity contribution in [1.29, 1.82) is 0 Å². The van der Waals surface area contributed by atoms with Crippen molar-refractivity contribution in [3.63, 3.8) is 0 Å². The van der Waals surface area contributed by atoms with E-state index in [2.05, 4.69) is 21.2 Å². The summed E-state index contributed by atoms with van der Waals surface area (Å²) in [6.07, 6.45) is 2.30. The van der Waals surface area contributed by atoms with E-state index in [0.717, 1.165) is 26.0 Å². The summed E-state index contributed by atoms with van der Waals surface area (Å²) in [5.74, 6) is -0.171. The molecule has 1 amide bonds. The van der Waals surface area contributed by atoms with Gasteiger partial charge in [0.1, 0.15) is 0 Å². The third kappa shape index (κ3) is 4.75. The number of hydrogen-bond acceptors (Lipinski definition) is 5. The molecule has 120 valence electrons. The molecule has 0 aromatic heterocycles. The van der Waals surface area contributed by atoms with E-state index < -0.39 is 4.92 Å². The minimum absolute atomic E-state index is 0.0274. The van der Waals surface area contributed by atoms with Gasteiger partial charge in [-0.05, 0) is 41.9 Å². The minimum Gasteiger partial charge on any atom is -0.377 e. The van der Waals surface area contributed by atoms with Gasteiger partial charge in [0.05, 0.1) is 23.3 Å². The number of halogens is 1. The Kier molecular flexibility index (Phi) is 5.87. The second-order valence-corrected chi connectivity index (χ2v) is 6.16. The molecule has 8 heteroatoms. The third-order valence-corrected chi connectivity index (χ3v) is 4.05. The second kappa shape index (κ2) is 7.66. The standard InChI is InChI=1S/C14H18BrN3O4/c1-17(8-11-3-2-6-22-11)9-14(19)16-13-5-4-10(18(20)21)7-12(13)15/h4-5,7,11H,2-3,6,8-9H2,1H3,(H,16,19). The summed E-state index contributed by atoms with van der Waals surface area (Å²) in [5.41, 5.74) is 0.487. The van der Waals surface area contributed by atoms with E-state index in [9.17, 15) is 14.9 Å². The fourth-order valence-electron chi connectivity index (χ4n) is 2.35. The number of non-ortho nitro benzene ring substituents is 1. The van der Waals surface area contributed by atoms with Crippen LogP contribution in [-0.4, -0.2) is 48.6 Å². The first kappa shape index (κ1) is 16.9. The Morgan fingerprint density at radius 2 is 2.36 bits per heavy atom. The molecule has 0 bridgehead atoms. The predicted molar refractivity (Wildman–Crippen MR) is 85.9 cm³/mol. The summed E-state index contributed by atoms with van der Waals surface area (Å²) in [6.45, 7) is 1.75. The zero-order chi connectivity index (χ0) is 16.1. The molecule has 1 fully saturated rings. The number of nitro groups is 1. The molecule has 1 aromatic rings. The summed E-state index contributed by atoms with van der Waals surface area (Å²) in [5, 5.41) is 13.4. The van der Waals surface area contributed by atoms with Crippen molar-refractivity contribution in [3.05, 3.63) is 32.8 Å². The smallest absolute Gasteiger partial charge is 0.270 e. The third-order valence-electron chi connectivity index (χ3n) is 3.39. The molecular formula is C14H18BrN3O4. The highest BCUT2D eigenvalue weighted by Crippen LogP contribution is 2.27. The molecule has 1 aliphatic heterocycles. The zero-order valence-electron chi connectivity index (χ0n) is 12.3. The molecule has 1 atom stereocenters. The van der Waals surface area contributed by atoms with E-state index in [1.807, 2.05) is 11.9 Å². The highest BCUT2D eigenvalue weighted by atomic mass is 79.9. The van der Waals surface area contributed by atoms with E-state index >= 15 is 0 Å². The van der Waals surface area contributed by atoms with Crippen LogP contribution in [0.15, 0.2) is 22.7 Å². The van der Waals surface area contributed by atoms with Gasteiger partial charge in [0.15, 0.2) is 0 Å². The van der Waals surface area contributed by atoms with Gasteiger partial charge in [0, 0.05) is 29.8 Å². The van der Waals surface area contributed by atoms with Crippen LogP contribution in [0, 0.1) is 10.1 Å². The molecule has 7 nitrogen and oxygen atoms in total. The number of rotatable bonds is 6. The fourth-order valence-corrected chi connectivity index (χ4v) is 2.82. The number of anilines is 1. The number of nitrogens with one attached hydrogen (secondary N) is 1. The fraction of sp³-hybridized carbons (Fsp3) is 0.500. The quantitative estimate of drug-likeness (QED) is 0.612. The maximum atomic E-state index is 12.0. The Balaban J connectivity index is 1.87. The van der Waals surface area contributed by atoms with Crippen molar-refractivity contribution in [2.75, 3.05) is 32.1 Å². The Morgan fingerprint density at radius 1 is 1.59 bits per heavy atom. The van der Waals surface area contributed by atoms with E-state index in [1.165, 1.54) is 18.2 Å². The highest BCUT2D eigenvalue weighted by Gasteiger charge is 2.19. The number of benzene rings is 1. The second-order valence-electron chi connectivity index (χ2n) is 5.30. The molecule has 22 heavy (non-hydrogen) atoms. The normalized spacial score (nSPS) is 17.7. The van der Waals surface area contributed by atoms with Crippen LogP contribution in [0.5, 0.6) is 0 Å². The maximum absolute atomic E-state index is 12.0. The van der Waals surface area contributed by atoms with E-state index in [-0.39, 0.29) is 24.2 Å². The van der Waals surface area contributed by atoms with Gasteiger partial charge in [0.2, 0.25) is 5.91 Å². The number of likely N-dealkylation sites (N-methyl/N-ethyl adjacent to an activating group) is 1. The van der Waals surface area contributed by atoms with Crippen LogP contribution in [0.25, 0.3) is 0 Å². The molecule has 1 aromatic carbocycles. The van der Waals surface area contributed by atoms with Gasteiger partial charge in [0.25, 0.3) is 5.69 Å². The van der Waals surface area contributed by atoms with Crippen molar-refractivity contribution < 1.29 is 14.5 Å². The van der Waals surface area contributed by atoms with E-state index in [4.69, 9.17) is 4.74 Å². The number of nitrogens with zero attached hydrogens (tertiary/aromatic N) is 2. The number of nitro benzene ring substituents is 1. The summed E-state index contributed by atoms with van der Waals surface area (Å²) >= 11 is 3.23. The number of hydrogen-bond donors (Lipinski definition) is 1. The van der Waals surface area contributed by atoms with Crippen LogP contribution in [0.2, 0.25) is 0 Å². The van der Waals surface area contributed by atoms with Gasteiger partial charge in [-0.25, -0.2) is 0 Å². The first-order chi connectivity index (χ1) is 10.5. The van der Waals surface area contributed by atoms with Crippen molar-refractivity contribution in [2.24, 2.45) is 0 Å². The SMILES string of the molecule is CN(CC(=O)Nc1ccc([N+](=O)[O-])cc1Br)CC1CCCO1. The monoisotopic (exact) mass is 371 g/mol. The maximum Gasteiger partial charge on any atom is 0.270 e. The lowest BCUT2D eigenvalue weighted by Gasteiger charge is -2.20. The Labute approximate surface area is 136 Å². The van der Waals surface area contributed by atoms with Crippen LogP contribution < -0.4 is 5.32 Å². The molecule has 1 saturated heterocycles. The van der Waals surface area contributed by atoms with Crippen molar-refractivity contribution in [1.82, 2.24) is 4.90 Å². The van der Waals surface area contributed by atoms with Crippen LogP contribution >= 0.6 is 15.9 Å². The van der Waals surface area contributed by atoms with Crippen molar-refractivity contribution in [3.8, 4) is 0 Å². The number of ether oxygens (including phenoxy) is 1. The lowest BCUT2D eigenvalue weighted by Crippen LogP contribution is -2.35. The predicted octanol–water partition coefficient (Wildman–Crippen LogP) is 2.41. The van der Waals surface area contributed by atoms with Gasteiger partial charge in [-0.15, -0.1) is 0 Å². The van der Waals surface area contributed by atoms with Gasteiger partial charge in [-0.3, -0.25) is 19.8 Å². The molecule has 0 radical (unpaired) electrons. The van der Waals surface area contributed by atoms with Crippen LogP contribution in [0.4, 0.5) is 11.4 Å². The van der Waals surface area contributed by atoms with Crippen molar-refractivity contribution in [2.45, 2.75) is 18.9 Å². The molecule has 1 heterocycles. The molecule has 0 spiro atoms.